The molecule has 0 aliphatic rings. The largest absolute Gasteiger partial charge is 0.465 e. The molecule has 2 heterocycles. The number of carbonyl (C=O) groups is 1. The van der Waals surface area contributed by atoms with E-state index in [0.29, 0.717) is 17.0 Å². The van der Waals surface area contributed by atoms with Crippen molar-refractivity contribution in [2.45, 2.75) is 0 Å². The van der Waals surface area contributed by atoms with Gasteiger partial charge in [-0.2, -0.15) is 0 Å². The molecule has 1 aromatic carbocycles. The second-order valence-electron chi connectivity index (χ2n) is 4.18. The normalized spacial score (nSPS) is 10.7. The molecule has 0 atom stereocenters. The molecule has 0 bridgehead atoms. The van der Waals surface area contributed by atoms with Gasteiger partial charge in [-0.3, -0.25) is 0 Å². The van der Waals surface area contributed by atoms with Crippen LogP contribution in [0.2, 0.25) is 0 Å². The molecule has 2 aromatic heterocycles. The van der Waals surface area contributed by atoms with E-state index in [1.807, 2.05) is 18.2 Å². The summed E-state index contributed by atoms with van der Waals surface area (Å²) in [6.07, 6.45) is 1.69. The first kappa shape index (κ1) is 12.8. The van der Waals surface area contributed by atoms with Gasteiger partial charge in [0.25, 0.3) is 0 Å². The van der Waals surface area contributed by atoms with Gasteiger partial charge in [0.15, 0.2) is 5.65 Å². The lowest BCUT2D eigenvalue weighted by Gasteiger charge is -2.03. The highest BCUT2D eigenvalue weighted by molar-refractivity contribution is 9.10. The van der Waals surface area contributed by atoms with Crippen LogP contribution in [0.25, 0.3) is 22.6 Å². The van der Waals surface area contributed by atoms with E-state index < -0.39 is 0 Å². The number of hydrogen-bond donors (Lipinski definition) is 1. The van der Waals surface area contributed by atoms with E-state index >= 15 is 0 Å². The Hall–Kier alpha value is -2.21. The fraction of sp³-hybridized carbons (Fsp3) is 0.0714. The van der Waals surface area contributed by atoms with Crippen molar-refractivity contribution in [3.8, 4) is 11.4 Å². The van der Waals surface area contributed by atoms with Crippen LogP contribution in [-0.2, 0) is 4.74 Å². The minimum Gasteiger partial charge on any atom is -0.465 e. The van der Waals surface area contributed by atoms with Gasteiger partial charge in [-0.1, -0.05) is 15.9 Å². The zero-order chi connectivity index (χ0) is 14.1. The van der Waals surface area contributed by atoms with Crippen molar-refractivity contribution < 1.29 is 9.53 Å². The van der Waals surface area contributed by atoms with Crippen LogP contribution in [-0.4, -0.2) is 28.0 Å². The molecule has 0 unspecified atom stereocenters. The van der Waals surface area contributed by atoms with Gasteiger partial charge in [0.05, 0.1) is 18.2 Å². The van der Waals surface area contributed by atoms with E-state index in [4.69, 9.17) is 4.74 Å². The topological polar surface area (TPSA) is 67.9 Å². The minimum absolute atomic E-state index is 0.387. The Balaban J connectivity index is 2.13. The second kappa shape index (κ2) is 5.05. The number of methoxy groups -OCH3 is 1. The molecule has 0 aliphatic carbocycles. The maximum absolute atomic E-state index is 11.6. The SMILES string of the molecule is COC(=O)c1cc(Br)cc(-c2nc3ncccc3[nH]2)c1. The zero-order valence-corrected chi connectivity index (χ0v) is 12.1. The number of hydrogen-bond acceptors (Lipinski definition) is 4. The van der Waals surface area contributed by atoms with Crippen molar-refractivity contribution in [2.24, 2.45) is 0 Å². The quantitative estimate of drug-likeness (QED) is 0.732. The van der Waals surface area contributed by atoms with Crippen molar-refractivity contribution in [3.63, 3.8) is 0 Å². The minimum atomic E-state index is -0.387. The van der Waals surface area contributed by atoms with Crippen LogP contribution in [0.15, 0.2) is 41.0 Å². The lowest BCUT2D eigenvalue weighted by molar-refractivity contribution is 0.0600. The number of imidazole rings is 1. The standard InChI is InChI=1S/C14H10BrN3O2/c1-20-14(19)9-5-8(6-10(15)7-9)12-17-11-3-2-4-16-13(11)18-12/h2-7H,1H3,(H,16,17,18). The number of nitrogens with zero attached hydrogens (tertiary/aromatic N) is 2. The van der Waals surface area contributed by atoms with Gasteiger partial charge in [-0.05, 0) is 30.3 Å². The Morgan fingerprint density at radius 2 is 2.20 bits per heavy atom. The van der Waals surface area contributed by atoms with Crippen LogP contribution >= 0.6 is 15.9 Å². The third kappa shape index (κ3) is 2.30. The number of ether oxygens (including phenoxy) is 1. The summed E-state index contributed by atoms with van der Waals surface area (Å²) in [4.78, 5) is 23.4. The lowest BCUT2D eigenvalue weighted by atomic mass is 10.1. The maximum atomic E-state index is 11.6. The highest BCUT2D eigenvalue weighted by atomic mass is 79.9. The van der Waals surface area contributed by atoms with Crippen LogP contribution in [0.3, 0.4) is 0 Å². The van der Waals surface area contributed by atoms with Gasteiger partial charge in [0, 0.05) is 16.2 Å². The fourth-order valence-corrected chi connectivity index (χ4v) is 2.44. The molecule has 0 saturated carbocycles. The molecule has 5 nitrogen and oxygen atoms in total. The van der Waals surface area contributed by atoms with E-state index in [1.165, 1.54) is 7.11 Å². The summed E-state index contributed by atoms with van der Waals surface area (Å²) in [5, 5.41) is 0. The molecule has 6 heteroatoms. The summed E-state index contributed by atoms with van der Waals surface area (Å²) in [7, 11) is 1.36. The number of carbonyl (C=O) groups excluding carboxylic acids is 1. The number of esters is 1. The highest BCUT2D eigenvalue weighted by Crippen LogP contribution is 2.25. The molecule has 0 saturated heterocycles. The van der Waals surface area contributed by atoms with Crippen molar-refractivity contribution in [2.75, 3.05) is 7.11 Å². The number of fused-ring (bicyclic) bond motifs is 1. The molecule has 0 spiro atoms. The molecule has 20 heavy (non-hydrogen) atoms. The van der Waals surface area contributed by atoms with E-state index in [2.05, 4.69) is 30.9 Å². The lowest BCUT2D eigenvalue weighted by Crippen LogP contribution is -2.01. The Labute approximate surface area is 123 Å². The molecule has 0 radical (unpaired) electrons. The van der Waals surface area contributed by atoms with E-state index in [9.17, 15) is 4.79 Å². The van der Waals surface area contributed by atoms with Gasteiger partial charge < -0.3 is 9.72 Å². The van der Waals surface area contributed by atoms with Crippen molar-refractivity contribution in [1.29, 1.82) is 0 Å². The van der Waals surface area contributed by atoms with Crippen LogP contribution in [0.4, 0.5) is 0 Å². The first-order valence-corrected chi connectivity index (χ1v) is 6.66. The van der Waals surface area contributed by atoms with Gasteiger partial charge in [0.2, 0.25) is 0 Å². The Kier molecular flexibility index (Phi) is 3.23. The number of pyridine rings is 1. The van der Waals surface area contributed by atoms with Crippen molar-refractivity contribution >= 4 is 33.1 Å². The summed E-state index contributed by atoms with van der Waals surface area (Å²) in [5.74, 6) is 0.270. The first-order valence-electron chi connectivity index (χ1n) is 5.87. The number of benzene rings is 1. The average molecular weight is 332 g/mol. The van der Waals surface area contributed by atoms with E-state index in [0.717, 1.165) is 15.6 Å². The summed E-state index contributed by atoms with van der Waals surface area (Å²) in [6.45, 7) is 0. The smallest absolute Gasteiger partial charge is 0.337 e. The summed E-state index contributed by atoms with van der Waals surface area (Å²) >= 11 is 3.39. The number of aromatic amines is 1. The molecule has 0 fully saturated rings. The zero-order valence-electron chi connectivity index (χ0n) is 10.6. The van der Waals surface area contributed by atoms with Crippen LogP contribution in [0, 0.1) is 0 Å². The van der Waals surface area contributed by atoms with Gasteiger partial charge in [-0.25, -0.2) is 14.8 Å². The van der Waals surface area contributed by atoms with Crippen molar-refractivity contribution in [1.82, 2.24) is 15.0 Å². The Bertz CT molecular complexity index is 765. The molecule has 3 aromatic rings. The monoisotopic (exact) mass is 331 g/mol. The number of rotatable bonds is 2. The fourth-order valence-electron chi connectivity index (χ4n) is 1.94. The molecule has 0 aliphatic heterocycles. The molecule has 0 amide bonds. The number of halogens is 1. The third-order valence-corrected chi connectivity index (χ3v) is 3.31. The summed E-state index contributed by atoms with van der Waals surface area (Å²) in [5.41, 5.74) is 2.74. The maximum Gasteiger partial charge on any atom is 0.337 e. The van der Waals surface area contributed by atoms with Crippen LogP contribution in [0.1, 0.15) is 10.4 Å². The number of H-pyrrole nitrogens is 1. The van der Waals surface area contributed by atoms with E-state index in [-0.39, 0.29) is 5.97 Å². The molecular formula is C14H10BrN3O2. The predicted octanol–water partition coefficient (Wildman–Crippen LogP) is 3.17. The molecular weight excluding hydrogens is 322 g/mol. The Morgan fingerprint density at radius 3 is 2.95 bits per heavy atom. The van der Waals surface area contributed by atoms with Gasteiger partial charge in [-0.15, -0.1) is 0 Å². The Morgan fingerprint density at radius 1 is 1.35 bits per heavy atom. The summed E-state index contributed by atoms with van der Waals surface area (Å²) < 4.78 is 5.52. The van der Waals surface area contributed by atoms with Crippen LogP contribution < -0.4 is 0 Å². The summed E-state index contributed by atoms with van der Waals surface area (Å²) in [6, 6.07) is 9.05. The second-order valence-corrected chi connectivity index (χ2v) is 5.10. The molecule has 100 valence electrons. The number of aromatic nitrogens is 3. The van der Waals surface area contributed by atoms with Crippen LogP contribution in [0.5, 0.6) is 0 Å². The first-order chi connectivity index (χ1) is 9.67. The molecule has 3 rings (SSSR count). The van der Waals surface area contributed by atoms with Crippen molar-refractivity contribution in [3.05, 3.63) is 46.6 Å². The molecule has 1 N–H and O–H groups in total. The third-order valence-electron chi connectivity index (χ3n) is 2.85. The predicted molar refractivity (Wildman–Crippen MR) is 78.4 cm³/mol. The highest BCUT2D eigenvalue weighted by Gasteiger charge is 2.12. The van der Waals surface area contributed by atoms with E-state index in [1.54, 1.807) is 18.3 Å². The number of nitrogens with one attached hydrogen (secondary N) is 1. The van der Waals surface area contributed by atoms with Gasteiger partial charge in [0.1, 0.15) is 5.82 Å². The van der Waals surface area contributed by atoms with Gasteiger partial charge >= 0.3 is 5.97 Å². The average Bonchev–Trinajstić information content (AvgIpc) is 2.89.